The molecule has 102 valence electrons. The van der Waals surface area contributed by atoms with Gasteiger partial charge in [-0.2, -0.15) is 0 Å². The van der Waals surface area contributed by atoms with Crippen LogP contribution in [0.15, 0.2) is 18.2 Å². The lowest BCUT2D eigenvalue weighted by molar-refractivity contribution is -0.118. The minimum atomic E-state index is -1.05. The van der Waals surface area contributed by atoms with Gasteiger partial charge in [0, 0.05) is 0 Å². The van der Waals surface area contributed by atoms with E-state index < -0.39 is 5.97 Å². The number of carboxylic acids is 1. The van der Waals surface area contributed by atoms with Gasteiger partial charge in [-0.3, -0.25) is 4.79 Å². The summed E-state index contributed by atoms with van der Waals surface area (Å²) in [6.45, 7) is 0.820. The minimum Gasteiger partial charge on any atom is -0.478 e. The lowest BCUT2D eigenvalue weighted by atomic mass is 10.0. The third-order valence-electron chi connectivity index (χ3n) is 3.10. The third-order valence-corrected chi connectivity index (χ3v) is 3.43. The number of anilines is 1. The van der Waals surface area contributed by atoms with Crippen molar-refractivity contribution in [1.82, 2.24) is 5.32 Å². The van der Waals surface area contributed by atoms with Crippen LogP contribution in [0.2, 0.25) is 5.02 Å². The van der Waals surface area contributed by atoms with E-state index in [2.05, 4.69) is 10.6 Å². The number of rotatable bonds is 3. The lowest BCUT2D eigenvalue weighted by Gasteiger charge is -2.22. The molecule has 0 spiro atoms. The lowest BCUT2D eigenvalue weighted by Crippen LogP contribution is -2.43. The fraction of sp³-hybridized carbons (Fsp3) is 0.385. The number of piperidine rings is 1. The van der Waals surface area contributed by atoms with Crippen LogP contribution in [0.1, 0.15) is 29.6 Å². The van der Waals surface area contributed by atoms with Gasteiger partial charge in [-0.05, 0) is 37.6 Å². The normalized spacial score (nSPS) is 18.9. The smallest absolute Gasteiger partial charge is 0.335 e. The largest absolute Gasteiger partial charge is 0.478 e. The van der Waals surface area contributed by atoms with E-state index in [1.54, 1.807) is 0 Å². The van der Waals surface area contributed by atoms with Crippen molar-refractivity contribution < 1.29 is 14.7 Å². The number of hydrogen-bond donors (Lipinski definition) is 3. The Kier molecular flexibility index (Phi) is 4.39. The maximum Gasteiger partial charge on any atom is 0.335 e. The van der Waals surface area contributed by atoms with Gasteiger partial charge in [-0.15, -0.1) is 0 Å². The Morgan fingerprint density at radius 2 is 2.16 bits per heavy atom. The molecular weight excluding hydrogens is 268 g/mol. The quantitative estimate of drug-likeness (QED) is 0.793. The molecule has 6 heteroatoms. The van der Waals surface area contributed by atoms with Crippen LogP contribution >= 0.6 is 11.6 Å². The topological polar surface area (TPSA) is 78.4 Å². The van der Waals surface area contributed by atoms with Gasteiger partial charge in [0.1, 0.15) is 0 Å². The molecule has 0 radical (unpaired) electrons. The number of carboxylic acid groups (broad SMARTS) is 1. The molecule has 1 saturated heterocycles. The van der Waals surface area contributed by atoms with E-state index in [9.17, 15) is 9.59 Å². The number of halogens is 1. The number of amides is 1. The molecule has 1 heterocycles. The van der Waals surface area contributed by atoms with Gasteiger partial charge in [0.05, 0.1) is 22.3 Å². The number of nitrogens with one attached hydrogen (secondary N) is 2. The van der Waals surface area contributed by atoms with Crippen LogP contribution in [0.5, 0.6) is 0 Å². The third kappa shape index (κ3) is 3.45. The summed E-state index contributed by atoms with van der Waals surface area (Å²) < 4.78 is 0. The van der Waals surface area contributed by atoms with E-state index in [1.807, 2.05) is 0 Å². The first-order valence-corrected chi connectivity index (χ1v) is 6.53. The molecule has 2 rings (SSSR count). The molecule has 1 aliphatic heterocycles. The average Bonchev–Trinajstić information content (AvgIpc) is 2.42. The van der Waals surface area contributed by atoms with Gasteiger partial charge < -0.3 is 15.7 Å². The first-order valence-electron chi connectivity index (χ1n) is 6.15. The van der Waals surface area contributed by atoms with Crippen LogP contribution < -0.4 is 10.6 Å². The fourth-order valence-corrected chi connectivity index (χ4v) is 2.21. The van der Waals surface area contributed by atoms with Gasteiger partial charge >= 0.3 is 5.97 Å². The molecular formula is C13H15ClN2O3. The second kappa shape index (κ2) is 6.04. The zero-order valence-electron chi connectivity index (χ0n) is 10.3. The highest BCUT2D eigenvalue weighted by Crippen LogP contribution is 2.23. The molecule has 0 aromatic heterocycles. The molecule has 1 amide bonds. The number of benzene rings is 1. The molecule has 1 aliphatic rings. The summed E-state index contributed by atoms with van der Waals surface area (Å²) in [6, 6.07) is 4.00. The second-order valence-electron chi connectivity index (χ2n) is 4.49. The highest BCUT2D eigenvalue weighted by molar-refractivity contribution is 6.33. The number of aromatic carboxylic acids is 1. The van der Waals surface area contributed by atoms with Crippen molar-refractivity contribution in [3.8, 4) is 0 Å². The van der Waals surface area contributed by atoms with Crippen molar-refractivity contribution in [3.63, 3.8) is 0 Å². The van der Waals surface area contributed by atoms with E-state index in [1.165, 1.54) is 18.2 Å². The maximum atomic E-state index is 12.0. The van der Waals surface area contributed by atoms with Crippen LogP contribution in [-0.4, -0.2) is 29.6 Å². The highest BCUT2D eigenvalue weighted by Gasteiger charge is 2.21. The Labute approximate surface area is 116 Å². The first kappa shape index (κ1) is 13.8. The molecule has 0 bridgehead atoms. The fourth-order valence-electron chi connectivity index (χ4n) is 2.05. The Morgan fingerprint density at radius 3 is 2.79 bits per heavy atom. The van der Waals surface area contributed by atoms with E-state index in [-0.39, 0.29) is 17.5 Å². The molecule has 0 aliphatic carbocycles. The zero-order chi connectivity index (χ0) is 13.8. The molecule has 19 heavy (non-hydrogen) atoms. The summed E-state index contributed by atoms with van der Waals surface area (Å²) >= 11 is 5.96. The first-order chi connectivity index (χ1) is 9.08. The van der Waals surface area contributed by atoms with Crippen LogP contribution in [0, 0.1) is 0 Å². The Hall–Kier alpha value is -1.59. The molecule has 1 atom stereocenters. The zero-order valence-corrected chi connectivity index (χ0v) is 11.0. The van der Waals surface area contributed by atoms with Gasteiger partial charge in [-0.25, -0.2) is 4.79 Å². The van der Waals surface area contributed by atoms with E-state index in [0.717, 1.165) is 25.8 Å². The Bertz CT molecular complexity index is 499. The van der Waals surface area contributed by atoms with E-state index >= 15 is 0 Å². The molecule has 3 N–H and O–H groups in total. The molecule has 1 fully saturated rings. The number of hydrogen-bond acceptors (Lipinski definition) is 3. The van der Waals surface area contributed by atoms with Gasteiger partial charge in [0.15, 0.2) is 0 Å². The van der Waals surface area contributed by atoms with E-state index in [0.29, 0.717) is 10.7 Å². The van der Waals surface area contributed by atoms with Gasteiger partial charge in [0.2, 0.25) is 5.91 Å². The number of carbonyl (C=O) groups is 2. The summed E-state index contributed by atoms with van der Waals surface area (Å²) in [7, 11) is 0. The molecule has 1 aromatic carbocycles. The Balaban J connectivity index is 2.11. The predicted molar refractivity (Wildman–Crippen MR) is 72.7 cm³/mol. The minimum absolute atomic E-state index is 0.0938. The standard InChI is InChI=1S/C13H15ClN2O3/c14-9-5-4-8(13(18)19)7-11(9)16-12(17)10-3-1-2-6-15-10/h4-5,7,10,15H,1-3,6H2,(H,16,17)(H,18,19)/t10-/m1/s1. The Morgan fingerprint density at radius 1 is 1.37 bits per heavy atom. The van der Waals surface area contributed by atoms with Crippen molar-refractivity contribution >= 4 is 29.2 Å². The molecule has 0 saturated carbocycles. The highest BCUT2D eigenvalue weighted by atomic mass is 35.5. The summed E-state index contributed by atoms with van der Waals surface area (Å²) in [5.41, 5.74) is 0.426. The van der Waals surface area contributed by atoms with Crippen LogP contribution in [0.4, 0.5) is 5.69 Å². The average molecular weight is 283 g/mol. The summed E-state index contributed by atoms with van der Waals surface area (Å²) in [4.78, 5) is 22.9. The second-order valence-corrected chi connectivity index (χ2v) is 4.90. The summed E-state index contributed by atoms with van der Waals surface area (Å²) in [5, 5.41) is 15.0. The molecule has 0 unspecified atom stereocenters. The molecule has 5 nitrogen and oxygen atoms in total. The summed E-state index contributed by atoms with van der Waals surface area (Å²) in [6.07, 6.45) is 2.86. The monoisotopic (exact) mass is 282 g/mol. The van der Waals surface area contributed by atoms with Crippen LogP contribution in [-0.2, 0) is 4.79 Å². The van der Waals surface area contributed by atoms with E-state index in [4.69, 9.17) is 16.7 Å². The van der Waals surface area contributed by atoms with Gasteiger partial charge in [0.25, 0.3) is 0 Å². The van der Waals surface area contributed by atoms with Gasteiger partial charge in [-0.1, -0.05) is 18.0 Å². The predicted octanol–water partition coefficient (Wildman–Crippen LogP) is 2.12. The summed E-state index contributed by atoms with van der Waals surface area (Å²) in [5.74, 6) is -1.23. The van der Waals surface area contributed by atoms with Crippen molar-refractivity contribution in [2.45, 2.75) is 25.3 Å². The van der Waals surface area contributed by atoms with Crippen LogP contribution in [0.25, 0.3) is 0 Å². The number of carbonyl (C=O) groups excluding carboxylic acids is 1. The maximum absolute atomic E-state index is 12.0. The van der Waals surface area contributed by atoms with Crippen molar-refractivity contribution in [3.05, 3.63) is 28.8 Å². The van der Waals surface area contributed by atoms with Crippen molar-refractivity contribution in [1.29, 1.82) is 0 Å². The van der Waals surface area contributed by atoms with Crippen molar-refractivity contribution in [2.24, 2.45) is 0 Å². The van der Waals surface area contributed by atoms with Crippen LogP contribution in [0.3, 0.4) is 0 Å². The van der Waals surface area contributed by atoms with Crippen molar-refractivity contribution in [2.75, 3.05) is 11.9 Å². The SMILES string of the molecule is O=C(O)c1ccc(Cl)c(NC(=O)[C@H]2CCCCN2)c1. The molecule has 1 aromatic rings.